The van der Waals surface area contributed by atoms with Crippen molar-refractivity contribution in [1.29, 1.82) is 0 Å². The summed E-state index contributed by atoms with van der Waals surface area (Å²) < 4.78 is 0. The summed E-state index contributed by atoms with van der Waals surface area (Å²) in [5, 5.41) is 12.4. The maximum Gasteiger partial charge on any atom is 0.0468 e. The molecule has 1 unspecified atom stereocenters. The summed E-state index contributed by atoms with van der Waals surface area (Å²) in [7, 11) is 0. The fourth-order valence-corrected chi connectivity index (χ4v) is 2.17. The van der Waals surface area contributed by atoms with Gasteiger partial charge in [0, 0.05) is 6.61 Å². The molecule has 0 aromatic carbocycles. The van der Waals surface area contributed by atoms with Crippen LogP contribution in [0.2, 0.25) is 0 Å². The van der Waals surface area contributed by atoms with Crippen molar-refractivity contribution in [2.75, 3.05) is 19.7 Å². The summed E-state index contributed by atoms with van der Waals surface area (Å²) in [6, 6.07) is 0. The Morgan fingerprint density at radius 2 is 1.86 bits per heavy atom. The molecule has 0 spiro atoms. The van der Waals surface area contributed by atoms with Crippen LogP contribution in [0.1, 0.15) is 45.4 Å². The minimum Gasteiger partial charge on any atom is -0.396 e. The lowest BCUT2D eigenvalue weighted by atomic mass is 10.0. The normalized spacial score (nSPS) is 21.9. The molecule has 14 heavy (non-hydrogen) atoms. The number of hydrogen-bond acceptors (Lipinski definition) is 2. The largest absolute Gasteiger partial charge is 0.396 e. The number of rotatable bonds is 5. The van der Waals surface area contributed by atoms with Crippen LogP contribution in [0.15, 0.2) is 0 Å². The molecule has 1 aliphatic carbocycles. The van der Waals surface area contributed by atoms with Crippen LogP contribution in [-0.2, 0) is 0 Å². The van der Waals surface area contributed by atoms with Gasteiger partial charge in [0.15, 0.2) is 0 Å². The number of aliphatic hydroxyl groups is 1. The number of aliphatic hydroxyl groups excluding tert-OH is 1. The van der Waals surface area contributed by atoms with E-state index in [1.54, 1.807) is 0 Å². The molecule has 0 aromatic heterocycles. The molecule has 2 heteroatoms. The lowest BCUT2D eigenvalue weighted by molar-refractivity contribution is 0.231. The third-order valence-electron chi connectivity index (χ3n) is 3.21. The zero-order chi connectivity index (χ0) is 10.2. The van der Waals surface area contributed by atoms with E-state index in [0.29, 0.717) is 12.5 Å². The van der Waals surface area contributed by atoms with E-state index < -0.39 is 0 Å². The highest BCUT2D eigenvalue weighted by molar-refractivity contribution is 4.67. The second-order valence-electron chi connectivity index (χ2n) is 4.80. The quantitative estimate of drug-likeness (QED) is 0.665. The summed E-state index contributed by atoms with van der Waals surface area (Å²) >= 11 is 0. The molecule has 0 aliphatic heterocycles. The second kappa shape index (κ2) is 7.24. The van der Waals surface area contributed by atoms with Crippen molar-refractivity contribution in [1.82, 2.24) is 5.32 Å². The molecule has 2 N–H and O–H groups in total. The van der Waals surface area contributed by atoms with E-state index in [1.165, 1.54) is 38.5 Å². The molecular formula is C12H25NO. The van der Waals surface area contributed by atoms with E-state index in [9.17, 15) is 0 Å². The molecule has 0 heterocycles. The molecule has 0 amide bonds. The Morgan fingerprint density at radius 1 is 1.21 bits per heavy atom. The van der Waals surface area contributed by atoms with Crippen molar-refractivity contribution in [2.24, 2.45) is 11.8 Å². The highest BCUT2D eigenvalue weighted by atomic mass is 16.3. The summed E-state index contributed by atoms with van der Waals surface area (Å²) in [6.45, 7) is 4.51. The fraction of sp³-hybridized carbons (Fsp3) is 1.00. The van der Waals surface area contributed by atoms with Gasteiger partial charge in [-0.2, -0.15) is 0 Å². The first-order chi connectivity index (χ1) is 6.83. The van der Waals surface area contributed by atoms with Crippen LogP contribution in [0.4, 0.5) is 0 Å². The summed E-state index contributed by atoms with van der Waals surface area (Å²) in [4.78, 5) is 0. The molecule has 0 radical (unpaired) electrons. The van der Waals surface area contributed by atoms with E-state index in [1.807, 2.05) is 0 Å². The Morgan fingerprint density at radius 3 is 2.43 bits per heavy atom. The minimum atomic E-state index is 0.303. The SMILES string of the molecule is CC(CO)CNCC1CCCCCC1. The zero-order valence-corrected chi connectivity index (χ0v) is 9.47. The summed E-state index contributed by atoms with van der Waals surface area (Å²) in [5.41, 5.74) is 0. The minimum absolute atomic E-state index is 0.303. The van der Waals surface area contributed by atoms with Gasteiger partial charge in [0.2, 0.25) is 0 Å². The third-order valence-corrected chi connectivity index (χ3v) is 3.21. The molecule has 84 valence electrons. The second-order valence-corrected chi connectivity index (χ2v) is 4.80. The van der Waals surface area contributed by atoms with Crippen LogP contribution in [0.3, 0.4) is 0 Å². The molecule has 0 aromatic rings. The van der Waals surface area contributed by atoms with Gasteiger partial charge in [-0.15, -0.1) is 0 Å². The van der Waals surface area contributed by atoms with Crippen LogP contribution in [0.25, 0.3) is 0 Å². The number of nitrogens with one attached hydrogen (secondary N) is 1. The van der Waals surface area contributed by atoms with Crippen LogP contribution >= 0.6 is 0 Å². The molecule has 0 bridgehead atoms. The molecule has 2 nitrogen and oxygen atoms in total. The van der Waals surface area contributed by atoms with Gasteiger partial charge in [-0.1, -0.05) is 32.6 Å². The van der Waals surface area contributed by atoms with Gasteiger partial charge in [-0.25, -0.2) is 0 Å². The predicted molar refractivity (Wildman–Crippen MR) is 60.3 cm³/mol. The molecule has 1 atom stereocenters. The average molecular weight is 199 g/mol. The highest BCUT2D eigenvalue weighted by Crippen LogP contribution is 2.21. The topological polar surface area (TPSA) is 32.3 Å². The van der Waals surface area contributed by atoms with Crippen molar-refractivity contribution >= 4 is 0 Å². The molecule has 1 aliphatic rings. The van der Waals surface area contributed by atoms with Crippen molar-refractivity contribution in [2.45, 2.75) is 45.4 Å². The predicted octanol–water partition coefficient (Wildman–Crippen LogP) is 2.17. The van der Waals surface area contributed by atoms with E-state index in [-0.39, 0.29) is 0 Å². The Bertz CT molecular complexity index is 130. The lowest BCUT2D eigenvalue weighted by Crippen LogP contribution is -2.28. The summed E-state index contributed by atoms with van der Waals surface area (Å²) in [6.07, 6.45) is 8.51. The first-order valence-electron chi connectivity index (χ1n) is 6.14. The van der Waals surface area contributed by atoms with Gasteiger partial charge < -0.3 is 10.4 Å². The van der Waals surface area contributed by atoms with Gasteiger partial charge >= 0.3 is 0 Å². The van der Waals surface area contributed by atoms with E-state index in [2.05, 4.69) is 12.2 Å². The molecule has 0 saturated heterocycles. The van der Waals surface area contributed by atoms with Crippen LogP contribution in [0.5, 0.6) is 0 Å². The van der Waals surface area contributed by atoms with Gasteiger partial charge in [0.25, 0.3) is 0 Å². The van der Waals surface area contributed by atoms with Gasteiger partial charge in [0.1, 0.15) is 0 Å². The Labute approximate surface area is 88.1 Å². The Kier molecular flexibility index (Phi) is 6.20. The van der Waals surface area contributed by atoms with Crippen LogP contribution in [0, 0.1) is 11.8 Å². The third kappa shape index (κ3) is 4.97. The van der Waals surface area contributed by atoms with Crippen molar-refractivity contribution in [3.05, 3.63) is 0 Å². The van der Waals surface area contributed by atoms with E-state index in [4.69, 9.17) is 5.11 Å². The molecule has 1 saturated carbocycles. The first-order valence-corrected chi connectivity index (χ1v) is 6.14. The Balaban J connectivity index is 2.04. The van der Waals surface area contributed by atoms with Gasteiger partial charge in [-0.3, -0.25) is 0 Å². The number of hydrogen-bond donors (Lipinski definition) is 2. The Hall–Kier alpha value is -0.0800. The monoisotopic (exact) mass is 199 g/mol. The lowest BCUT2D eigenvalue weighted by Gasteiger charge is -2.16. The van der Waals surface area contributed by atoms with Gasteiger partial charge in [-0.05, 0) is 37.8 Å². The van der Waals surface area contributed by atoms with Crippen LogP contribution < -0.4 is 5.32 Å². The zero-order valence-electron chi connectivity index (χ0n) is 9.47. The average Bonchev–Trinajstić information content (AvgIpc) is 2.46. The van der Waals surface area contributed by atoms with Crippen molar-refractivity contribution in [3.63, 3.8) is 0 Å². The molecular weight excluding hydrogens is 174 g/mol. The summed E-state index contributed by atoms with van der Waals surface area (Å²) in [5.74, 6) is 1.30. The fourth-order valence-electron chi connectivity index (χ4n) is 2.17. The molecule has 1 rings (SSSR count). The standard InChI is InChI=1S/C12H25NO/c1-11(10-14)8-13-9-12-6-4-2-3-5-7-12/h11-14H,2-10H2,1H3. The van der Waals surface area contributed by atoms with E-state index >= 15 is 0 Å². The first kappa shape index (κ1) is 12.0. The van der Waals surface area contributed by atoms with Gasteiger partial charge in [0.05, 0.1) is 0 Å². The molecule has 1 fully saturated rings. The van der Waals surface area contributed by atoms with Crippen molar-refractivity contribution < 1.29 is 5.11 Å². The van der Waals surface area contributed by atoms with E-state index in [0.717, 1.165) is 19.0 Å². The highest BCUT2D eigenvalue weighted by Gasteiger charge is 2.11. The maximum atomic E-state index is 8.88. The maximum absolute atomic E-state index is 8.88. The smallest absolute Gasteiger partial charge is 0.0468 e. The van der Waals surface area contributed by atoms with Crippen LogP contribution in [-0.4, -0.2) is 24.8 Å². The van der Waals surface area contributed by atoms with Crippen molar-refractivity contribution in [3.8, 4) is 0 Å².